The summed E-state index contributed by atoms with van der Waals surface area (Å²) in [4.78, 5) is 24.3. The first-order valence-corrected chi connectivity index (χ1v) is 5.89. The molecule has 1 N–H and O–H groups in total. The first kappa shape index (κ1) is 13.5. The van der Waals surface area contributed by atoms with Gasteiger partial charge in [0.2, 0.25) is 0 Å². The molecule has 0 saturated carbocycles. The summed E-state index contributed by atoms with van der Waals surface area (Å²) in [6.07, 6.45) is -1.02. The van der Waals surface area contributed by atoms with E-state index in [2.05, 4.69) is 0 Å². The highest BCUT2D eigenvalue weighted by molar-refractivity contribution is 5.94. The number of aryl methyl sites for hydroxylation is 1. The number of carbonyl (C=O) groups is 2. The molecule has 19 heavy (non-hydrogen) atoms. The van der Waals surface area contributed by atoms with Crippen LogP contribution >= 0.6 is 0 Å². The highest BCUT2D eigenvalue weighted by Gasteiger charge is 2.29. The number of carboxylic acid groups (broad SMARTS) is 1. The molecule has 102 valence electrons. The smallest absolute Gasteiger partial charge is 0.334 e. The minimum Gasteiger partial charge on any atom is -0.479 e. The molecule has 1 aliphatic rings. The van der Waals surface area contributed by atoms with Crippen LogP contribution in [0.3, 0.4) is 0 Å². The number of rotatable bonds is 2. The molecule has 1 aromatic carbocycles. The molecule has 2 rings (SSSR count). The van der Waals surface area contributed by atoms with E-state index in [0.29, 0.717) is 12.1 Å². The monoisotopic (exact) mass is 267 g/mol. The molecule has 1 atom stereocenters. The second-order valence-corrected chi connectivity index (χ2v) is 4.41. The van der Waals surface area contributed by atoms with Crippen molar-refractivity contribution in [2.24, 2.45) is 0 Å². The average molecular weight is 267 g/mol. The second kappa shape index (κ2) is 5.36. The van der Waals surface area contributed by atoms with E-state index in [1.54, 1.807) is 6.92 Å². The summed E-state index contributed by atoms with van der Waals surface area (Å²) in [6, 6.07) is 4.23. The molecule has 0 radical (unpaired) electrons. The number of hydrogen-bond acceptors (Lipinski definition) is 3. The van der Waals surface area contributed by atoms with Crippen LogP contribution < -0.4 is 0 Å². The third-order valence-corrected chi connectivity index (χ3v) is 3.05. The summed E-state index contributed by atoms with van der Waals surface area (Å²) in [6.45, 7) is 2.05. The highest BCUT2D eigenvalue weighted by atomic mass is 19.1. The van der Waals surface area contributed by atoms with E-state index in [9.17, 15) is 14.0 Å². The maximum Gasteiger partial charge on any atom is 0.334 e. The lowest BCUT2D eigenvalue weighted by molar-refractivity contribution is -0.154. The zero-order valence-electron chi connectivity index (χ0n) is 10.4. The lowest BCUT2D eigenvalue weighted by atomic mass is 10.1. The molecule has 0 aliphatic carbocycles. The summed E-state index contributed by atoms with van der Waals surface area (Å²) in [5.74, 6) is -1.94. The molecule has 0 spiro atoms. The van der Waals surface area contributed by atoms with Crippen molar-refractivity contribution in [3.05, 3.63) is 35.1 Å². The van der Waals surface area contributed by atoms with E-state index in [4.69, 9.17) is 9.84 Å². The minimum atomic E-state index is -1.10. The Morgan fingerprint density at radius 1 is 1.47 bits per heavy atom. The number of benzene rings is 1. The molecule has 1 heterocycles. The fourth-order valence-corrected chi connectivity index (χ4v) is 1.89. The van der Waals surface area contributed by atoms with Gasteiger partial charge in [0.25, 0.3) is 5.91 Å². The van der Waals surface area contributed by atoms with E-state index in [0.717, 1.165) is 0 Å². The van der Waals surface area contributed by atoms with Gasteiger partial charge in [0, 0.05) is 12.1 Å². The summed E-state index contributed by atoms with van der Waals surface area (Å²) in [5, 5.41) is 8.87. The van der Waals surface area contributed by atoms with Gasteiger partial charge in [-0.05, 0) is 24.6 Å². The van der Waals surface area contributed by atoms with Crippen LogP contribution in [-0.2, 0) is 9.53 Å². The number of hydrogen-bond donors (Lipinski definition) is 1. The van der Waals surface area contributed by atoms with Crippen LogP contribution in [0.25, 0.3) is 0 Å². The van der Waals surface area contributed by atoms with Crippen molar-refractivity contribution in [3.8, 4) is 0 Å². The van der Waals surface area contributed by atoms with E-state index in [1.165, 1.54) is 23.1 Å². The zero-order valence-corrected chi connectivity index (χ0v) is 10.4. The Hall–Kier alpha value is -1.95. The van der Waals surface area contributed by atoms with Crippen molar-refractivity contribution in [1.29, 1.82) is 0 Å². The number of morpholine rings is 1. The van der Waals surface area contributed by atoms with Crippen molar-refractivity contribution in [2.45, 2.75) is 13.0 Å². The Morgan fingerprint density at radius 3 is 2.84 bits per heavy atom. The lowest BCUT2D eigenvalue weighted by Gasteiger charge is -2.30. The predicted octanol–water partition coefficient (Wildman–Crippen LogP) is 1.06. The van der Waals surface area contributed by atoms with Crippen LogP contribution in [0, 0.1) is 12.7 Å². The summed E-state index contributed by atoms with van der Waals surface area (Å²) < 4.78 is 18.5. The summed E-state index contributed by atoms with van der Waals surface area (Å²) >= 11 is 0. The van der Waals surface area contributed by atoms with Crippen molar-refractivity contribution in [2.75, 3.05) is 19.7 Å². The molecule has 1 aliphatic heterocycles. The second-order valence-electron chi connectivity index (χ2n) is 4.41. The van der Waals surface area contributed by atoms with Crippen molar-refractivity contribution >= 4 is 11.9 Å². The van der Waals surface area contributed by atoms with Crippen LogP contribution in [0.5, 0.6) is 0 Å². The molecule has 5 nitrogen and oxygen atoms in total. The molecule has 0 aromatic heterocycles. The Morgan fingerprint density at radius 2 is 2.21 bits per heavy atom. The van der Waals surface area contributed by atoms with Gasteiger partial charge < -0.3 is 14.7 Å². The van der Waals surface area contributed by atoms with Gasteiger partial charge in [-0.15, -0.1) is 0 Å². The van der Waals surface area contributed by atoms with Crippen molar-refractivity contribution < 1.29 is 23.8 Å². The van der Waals surface area contributed by atoms with Crippen molar-refractivity contribution in [1.82, 2.24) is 4.90 Å². The third kappa shape index (κ3) is 2.90. The molecule has 1 unspecified atom stereocenters. The lowest BCUT2D eigenvalue weighted by Crippen LogP contribution is -2.48. The Bertz CT molecular complexity index is 517. The fourth-order valence-electron chi connectivity index (χ4n) is 1.89. The topological polar surface area (TPSA) is 66.8 Å². The van der Waals surface area contributed by atoms with Crippen LogP contribution in [0.1, 0.15) is 15.9 Å². The minimum absolute atomic E-state index is 0.0241. The Labute approximate surface area is 109 Å². The standard InChI is InChI=1S/C13H14FNO4/c1-8-2-3-9(6-10(8)14)12(16)15-4-5-19-11(7-15)13(17)18/h2-3,6,11H,4-5,7H2,1H3,(H,17,18). The van der Waals surface area contributed by atoms with Gasteiger partial charge in [-0.1, -0.05) is 6.07 Å². The first-order chi connectivity index (χ1) is 8.99. The summed E-state index contributed by atoms with van der Waals surface area (Å²) in [5.41, 5.74) is 0.677. The number of ether oxygens (including phenoxy) is 1. The normalized spacial score (nSPS) is 19.3. The first-order valence-electron chi connectivity index (χ1n) is 5.89. The number of nitrogens with zero attached hydrogens (tertiary/aromatic N) is 1. The van der Waals surface area contributed by atoms with Crippen LogP contribution in [0.15, 0.2) is 18.2 Å². The van der Waals surface area contributed by atoms with Gasteiger partial charge in [-0.3, -0.25) is 4.79 Å². The molecule has 1 aromatic rings. The van der Waals surface area contributed by atoms with Gasteiger partial charge in [-0.2, -0.15) is 0 Å². The maximum atomic E-state index is 13.4. The molecule has 1 saturated heterocycles. The maximum absolute atomic E-state index is 13.4. The number of carboxylic acids is 1. The fraction of sp³-hybridized carbons (Fsp3) is 0.385. The SMILES string of the molecule is Cc1ccc(C(=O)N2CCOC(C(=O)O)C2)cc1F. The van der Waals surface area contributed by atoms with E-state index in [-0.39, 0.29) is 24.6 Å². The molecule has 0 bridgehead atoms. The van der Waals surface area contributed by atoms with Gasteiger partial charge in [0.15, 0.2) is 6.10 Å². The average Bonchev–Trinajstić information content (AvgIpc) is 2.41. The zero-order chi connectivity index (χ0) is 14.0. The van der Waals surface area contributed by atoms with E-state index in [1.807, 2.05) is 0 Å². The highest BCUT2D eigenvalue weighted by Crippen LogP contribution is 2.14. The molecule has 1 fully saturated rings. The number of amides is 1. The quantitative estimate of drug-likeness (QED) is 0.870. The third-order valence-electron chi connectivity index (χ3n) is 3.05. The van der Waals surface area contributed by atoms with Gasteiger partial charge in [0.05, 0.1) is 13.2 Å². The number of aliphatic carboxylic acids is 1. The van der Waals surface area contributed by atoms with Gasteiger partial charge in [0.1, 0.15) is 5.82 Å². The Balaban J connectivity index is 2.14. The molecule has 6 heteroatoms. The Kier molecular flexibility index (Phi) is 3.80. The van der Waals surface area contributed by atoms with Crippen LogP contribution in [0.4, 0.5) is 4.39 Å². The van der Waals surface area contributed by atoms with E-state index >= 15 is 0 Å². The van der Waals surface area contributed by atoms with Crippen molar-refractivity contribution in [3.63, 3.8) is 0 Å². The van der Waals surface area contributed by atoms with Gasteiger partial charge in [-0.25, -0.2) is 9.18 Å². The molecular weight excluding hydrogens is 253 g/mol. The van der Waals surface area contributed by atoms with Crippen LogP contribution in [0.2, 0.25) is 0 Å². The number of carbonyl (C=O) groups excluding carboxylic acids is 1. The largest absolute Gasteiger partial charge is 0.479 e. The van der Waals surface area contributed by atoms with Crippen LogP contribution in [-0.4, -0.2) is 47.7 Å². The van der Waals surface area contributed by atoms with Gasteiger partial charge >= 0.3 is 5.97 Å². The van der Waals surface area contributed by atoms with E-state index < -0.39 is 17.9 Å². The molecule has 1 amide bonds. The molecular formula is C13H14FNO4. The predicted molar refractivity (Wildman–Crippen MR) is 64.4 cm³/mol. The summed E-state index contributed by atoms with van der Waals surface area (Å²) in [7, 11) is 0. The number of halogens is 1.